The third kappa shape index (κ3) is 5.97. The smallest absolute Gasteiger partial charge is 0.305 e. The van der Waals surface area contributed by atoms with Gasteiger partial charge in [-0.05, 0) is 12.8 Å². The predicted octanol–water partition coefficient (Wildman–Crippen LogP) is -0.423. The summed E-state index contributed by atoms with van der Waals surface area (Å²) in [4.78, 5) is 22.5. The summed E-state index contributed by atoms with van der Waals surface area (Å²) in [6, 6.07) is 0.984. The molecule has 2 rings (SSSR count). The quantitative estimate of drug-likeness (QED) is 0.330. The average molecular weight is 256 g/mol. The fourth-order valence-electron chi connectivity index (χ4n) is 1.61. The lowest BCUT2D eigenvalue weighted by Gasteiger charge is -2.06. The van der Waals surface area contributed by atoms with Crippen LogP contribution in [0.15, 0.2) is 0 Å². The van der Waals surface area contributed by atoms with E-state index in [4.69, 9.17) is 9.47 Å². The van der Waals surface area contributed by atoms with E-state index in [0.717, 1.165) is 25.9 Å². The van der Waals surface area contributed by atoms with Crippen molar-refractivity contribution in [2.75, 3.05) is 26.3 Å². The normalized spacial score (nSPS) is 24.4. The summed E-state index contributed by atoms with van der Waals surface area (Å²) in [5.74, 6) is -0.441. The molecule has 2 aliphatic rings. The van der Waals surface area contributed by atoms with Gasteiger partial charge in [-0.2, -0.15) is 0 Å². The molecule has 102 valence electrons. The first kappa shape index (κ1) is 13.3. The Bertz CT molecular complexity index is 270. The molecule has 6 nitrogen and oxygen atoms in total. The van der Waals surface area contributed by atoms with Crippen molar-refractivity contribution < 1.29 is 19.1 Å². The molecule has 0 aliphatic carbocycles. The maximum absolute atomic E-state index is 11.2. The van der Waals surface area contributed by atoms with Gasteiger partial charge in [-0.15, -0.1) is 0 Å². The van der Waals surface area contributed by atoms with Gasteiger partial charge in [0.1, 0.15) is 13.2 Å². The predicted molar refractivity (Wildman–Crippen MR) is 64.0 cm³/mol. The van der Waals surface area contributed by atoms with Crippen LogP contribution in [0.3, 0.4) is 0 Å². The van der Waals surface area contributed by atoms with E-state index in [1.807, 2.05) is 0 Å². The fourth-order valence-corrected chi connectivity index (χ4v) is 1.61. The highest BCUT2D eigenvalue weighted by molar-refractivity contribution is 5.70. The standard InChI is InChI=1S/C12H20N2O4/c15-11(3-1-9-7-13-9)17-5-6-18-12(16)4-2-10-8-14-10/h9-10,13-14H,1-8H2. The van der Waals surface area contributed by atoms with Crippen molar-refractivity contribution in [2.24, 2.45) is 0 Å². The molecule has 0 radical (unpaired) electrons. The zero-order valence-electron chi connectivity index (χ0n) is 10.4. The Labute approximate surface area is 106 Å². The van der Waals surface area contributed by atoms with E-state index < -0.39 is 0 Å². The lowest BCUT2D eigenvalue weighted by atomic mass is 10.2. The van der Waals surface area contributed by atoms with Crippen LogP contribution >= 0.6 is 0 Å². The summed E-state index contributed by atoms with van der Waals surface area (Å²) in [7, 11) is 0. The summed E-state index contributed by atoms with van der Waals surface area (Å²) >= 11 is 0. The van der Waals surface area contributed by atoms with Gasteiger partial charge in [-0.1, -0.05) is 0 Å². The molecule has 2 N–H and O–H groups in total. The highest BCUT2D eigenvalue weighted by atomic mass is 16.6. The highest BCUT2D eigenvalue weighted by Gasteiger charge is 2.21. The van der Waals surface area contributed by atoms with Crippen molar-refractivity contribution in [1.29, 1.82) is 0 Å². The van der Waals surface area contributed by atoms with Gasteiger partial charge in [-0.25, -0.2) is 0 Å². The van der Waals surface area contributed by atoms with E-state index in [-0.39, 0.29) is 25.2 Å². The van der Waals surface area contributed by atoms with Gasteiger partial charge in [-0.3, -0.25) is 9.59 Å². The molecule has 6 heteroatoms. The number of esters is 2. The van der Waals surface area contributed by atoms with Gasteiger partial charge in [0.2, 0.25) is 0 Å². The Morgan fingerprint density at radius 1 is 0.889 bits per heavy atom. The lowest BCUT2D eigenvalue weighted by Crippen LogP contribution is -2.14. The van der Waals surface area contributed by atoms with Crippen LogP contribution in [0.5, 0.6) is 0 Å². The third-order valence-electron chi connectivity index (χ3n) is 2.99. The molecule has 0 saturated carbocycles. The molecule has 0 spiro atoms. The van der Waals surface area contributed by atoms with E-state index in [2.05, 4.69) is 10.6 Å². The Morgan fingerprint density at radius 2 is 1.28 bits per heavy atom. The molecule has 2 unspecified atom stereocenters. The molecule has 0 amide bonds. The minimum absolute atomic E-state index is 0.157. The third-order valence-corrected chi connectivity index (χ3v) is 2.99. The van der Waals surface area contributed by atoms with Crippen molar-refractivity contribution in [1.82, 2.24) is 10.6 Å². The molecule has 0 aromatic heterocycles. The Morgan fingerprint density at radius 3 is 1.61 bits per heavy atom. The Hall–Kier alpha value is -1.14. The van der Waals surface area contributed by atoms with Crippen molar-refractivity contribution in [2.45, 2.75) is 37.8 Å². The highest BCUT2D eigenvalue weighted by Crippen LogP contribution is 2.07. The number of ether oxygens (including phenoxy) is 2. The van der Waals surface area contributed by atoms with E-state index in [1.54, 1.807) is 0 Å². The van der Waals surface area contributed by atoms with Crippen LogP contribution in [0.4, 0.5) is 0 Å². The van der Waals surface area contributed by atoms with Gasteiger partial charge in [0, 0.05) is 38.0 Å². The van der Waals surface area contributed by atoms with Crippen molar-refractivity contribution in [3.63, 3.8) is 0 Å². The van der Waals surface area contributed by atoms with Gasteiger partial charge in [0.05, 0.1) is 0 Å². The second-order valence-corrected chi connectivity index (χ2v) is 4.73. The SMILES string of the molecule is O=C(CCC1CN1)OCCOC(=O)CCC1CN1. The second kappa shape index (κ2) is 6.70. The van der Waals surface area contributed by atoms with E-state index in [9.17, 15) is 9.59 Å². The number of carbonyl (C=O) groups excluding carboxylic acids is 2. The molecule has 2 atom stereocenters. The minimum atomic E-state index is -0.220. The molecule has 18 heavy (non-hydrogen) atoms. The van der Waals surface area contributed by atoms with E-state index >= 15 is 0 Å². The zero-order chi connectivity index (χ0) is 12.8. The largest absolute Gasteiger partial charge is 0.462 e. The zero-order valence-corrected chi connectivity index (χ0v) is 10.4. The van der Waals surface area contributed by atoms with E-state index in [1.165, 1.54) is 0 Å². The number of hydrogen-bond donors (Lipinski definition) is 2. The fraction of sp³-hybridized carbons (Fsp3) is 0.833. The van der Waals surface area contributed by atoms with Crippen LogP contribution < -0.4 is 10.6 Å². The second-order valence-electron chi connectivity index (χ2n) is 4.73. The maximum atomic E-state index is 11.2. The number of rotatable bonds is 9. The van der Waals surface area contributed by atoms with Gasteiger partial charge in [0.25, 0.3) is 0 Å². The summed E-state index contributed by atoms with van der Waals surface area (Å²) < 4.78 is 9.90. The summed E-state index contributed by atoms with van der Waals surface area (Å²) in [6.07, 6.45) is 2.51. The first-order valence-corrected chi connectivity index (χ1v) is 6.52. The number of carbonyl (C=O) groups is 2. The minimum Gasteiger partial charge on any atom is -0.462 e. The first-order chi connectivity index (χ1) is 8.74. The first-order valence-electron chi connectivity index (χ1n) is 6.52. The summed E-state index contributed by atoms with van der Waals surface area (Å²) in [5.41, 5.74) is 0. The number of nitrogens with one attached hydrogen (secondary N) is 2. The molecular weight excluding hydrogens is 236 g/mol. The molecule has 0 bridgehead atoms. The molecular formula is C12H20N2O4. The van der Waals surface area contributed by atoms with Crippen molar-refractivity contribution in [3.05, 3.63) is 0 Å². The topological polar surface area (TPSA) is 96.5 Å². The number of hydrogen-bond acceptors (Lipinski definition) is 6. The van der Waals surface area contributed by atoms with Crippen LogP contribution in [0.25, 0.3) is 0 Å². The lowest BCUT2D eigenvalue weighted by molar-refractivity contribution is -0.152. The van der Waals surface area contributed by atoms with Crippen LogP contribution in [-0.2, 0) is 19.1 Å². The molecule has 2 aliphatic heterocycles. The van der Waals surface area contributed by atoms with Gasteiger partial charge >= 0.3 is 11.9 Å². The van der Waals surface area contributed by atoms with Crippen LogP contribution in [0.1, 0.15) is 25.7 Å². The average Bonchev–Trinajstić information content (AvgIpc) is 3.23. The van der Waals surface area contributed by atoms with Crippen LogP contribution in [0.2, 0.25) is 0 Å². The van der Waals surface area contributed by atoms with Gasteiger partial charge in [0.15, 0.2) is 0 Å². The molecule has 0 aromatic rings. The Balaban J connectivity index is 1.39. The summed E-state index contributed by atoms with van der Waals surface area (Å²) in [5, 5.41) is 6.24. The molecule has 0 aromatic carbocycles. The van der Waals surface area contributed by atoms with E-state index in [0.29, 0.717) is 24.9 Å². The molecule has 2 fully saturated rings. The van der Waals surface area contributed by atoms with Crippen molar-refractivity contribution >= 4 is 11.9 Å². The molecule has 2 saturated heterocycles. The van der Waals surface area contributed by atoms with Gasteiger partial charge < -0.3 is 20.1 Å². The monoisotopic (exact) mass is 256 g/mol. The maximum Gasteiger partial charge on any atom is 0.305 e. The Kier molecular flexibility index (Phi) is 4.95. The van der Waals surface area contributed by atoms with Crippen LogP contribution in [0, 0.1) is 0 Å². The van der Waals surface area contributed by atoms with Crippen molar-refractivity contribution in [3.8, 4) is 0 Å². The summed E-state index contributed by atoms with van der Waals surface area (Å²) in [6.45, 7) is 2.32. The van der Waals surface area contributed by atoms with Crippen LogP contribution in [-0.4, -0.2) is 50.3 Å². The molecule has 2 heterocycles.